The van der Waals surface area contributed by atoms with Gasteiger partial charge < -0.3 is 5.32 Å². The van der Waals surface area contributed by atoms with Crippen molar-refractivity contribution in [1.29, 1.82) is 0 Å². The van der Waals surface area contributed by atoms with Crippen molar-refractivity contribution in [3.63, 3.8) is 0 Å². The summed E-state index contributed by atoms with van der Waals surface area (Å²) in [5.41, 5.74) is 0.262. The molecule has 0 heterocycles. The van der Waals surface area contributed by atoms with Crippen LogP contribution in [0.2, 0.25) is 0 Å². The monoisotopic (exact) mass is 312 g/mol. The van der Waals surface area contributed by atoms with Crippen LogP contribution in [0.1, 0.15) is 67.2 Å². The number of thioether (sulfide) groups is 1. The Morgan fingerprint density at radius 1 is 1.14 bits per heavy atom. The molecule has 0 aromatic heterocycles. The Morgan fingerprint density at radius 3 is 2.05 bits per heavy atom. The second-order valence-electron chi connectivity index (χ2n) is 7.97. The van der Waals surface area contributed by atoms with Gasteiger partial charge in [-0.3, -0.25) is 4.99 Å². The maximum Gasteiger partial charge on any atom is 0.156 e. The minimum Gasteiger partial charge on any atom is -0.362 e. The van der Waals surface area contributed by atoms with Gasteiger partial charge in [-0.05, 0) is 42.3 Å². The molecule has 3 heteroatoms. The summed E-state index contributed by atoms with van der Waals surface area (Å²) in [6, 6.07) is 0.613. The number of nitrogens with zero attached hydrogens (tertiary/aromatic N) is 1. The lowest BCUT2D eigenvalue weighted by Gasteiger charge is -2.41. The number of amidine groups is 1. The Labute approximate surface area is 137 Å². The van der Waals surface area contributed by atoms with Gasteiger partial charge in [-0.15, -0.1) is 0 Å². The summed E-state index contributed by atoms with van der Waals surface area (Å²) in [6.07, 6.45) is 7.43. The highest BCUT2D eigenvalue weighted by Gasteiger charge is 2.34. The van der Waals surface area contributed by atoms with E-state index in [1.54, 1.807) is 11.8 Å². The summed E-state index contributed by atoms with van der Waals surface area (Å²) < 4.78 is 0. The molecule has 0 saturated heterocycles. The van der Waals surface area contributed by atoms with Crippen molar-refractivity contribution in [1.82, 2.24) is 5.32 Å². The fraction of sp³-hybridized carbons (Fsp3) is 0.944. The Kier molecular flexibility index (Phi) is 7.59. The van der Waals surface area contributed by atoms with E-state index in [2.05, 4.69) is 53.1 Å². The lowest BCUT2D eigenvalue weighted by molar-refractivity contribution is 0.149. The predicted octanol–water partition coefficient (Wildman–Crippen LogP) is 5.19. The van der Waals surface area contributed by atoms with Gasteiger partial charge in [0, 0.05) is 12.6 Å². The van der Waals surface area contributed by atoms with E-state index in [0.717, 1.165) is 29.5 Å². The molecule has 1 rings (SSSR count). The first-order valence-corrected chi connectivity index (χ1v) is 9.88. The highest BCUT2D eigenvalue weighted by atomic mass is 32.2. The molecule has 21 heavy (non-hydrogen) atoms. The Balaban J connectivity index is 2.78. The third kappa shape index (κ3) is 6.22. The second-order valence-corrected chi connectivity index (χ2v) is 8.76. The largest absolute Gasteiger partial charge is 0.362 e. The van der Waals surface area contributed by atoms with Crippen molar-refractivity contribution < 1.29 is 0 Å². The summed E-state index contributed by atoms with van der Waals surface area (Å²) in [4.78, 5) is 4.83. The van der Waals surface area contributed by atoms with Crippen molar-refractivity contribution in [3.05, 3.63) is 0 Å². The van der Waals surface area contributed by atoms with Crippen LogP contribution in [0.25, 0.3) is 0 Å². The fourth-order valence-electron chi connectivity index (χ4n) is 3.51. The molecule has 124 valence electrons. The van der Waals surface area contributed by atoms with Crippen LogP contribution in [0.15, 0.2) is 4.99 Å². The quantitative estimate of drug-likeness (QED) is 0.570. The first kappa shape index (κ1) is 18.9. The van der Waals surface area contributed by atoms with Gasteiger partial charge in [0.05, 0.1) is 0 Å². The lowest BCUT2D eigenvalue weighted by Crippen LogP contribution is -2.48. The van der Waals surface area contributed by atoms with Crippen molar-refractivity contribution in [2.45, 2.75) is 73.3 Å². The third-order valence-electron chi connectivity index (χ3n) is 4.66. The van der Waals surface area contributed by atoms with E-state index < -0.39 is 0 Å². The Morgan fingerprint density at radius 2 is 1.67 bits per heavy atom. The molecule has 0 spiro atoms. The first-order chi connectivity index (χ1) is 9.80. The summed E-state index contributed by atoms with van der Waals surface area (Å²) in [5, 5.41) is 4.95. The Bertz CT molecular complexity index is 319. The van der Waals surface area contributed by atoms with Gasteiger partial charge in [0.2, 0.25) is 0 Å². The van der Waals surface area contributed by atoms with Crippen LogP contribution in [-0.4, -0.2) is 24.0 Å². The average molecular weight is 313 g/mol. The normalized spacial score (nSPS) is 31.3. The van der Waals surface area contributed by atoms with Gasteiger partial charge in [0.1, 0.15) is 0 Å². The van der Waals surface area contributed by atoms with Crippen molar-refractivity contribution in [2.75, 3.05) is 12.8 Å². The molecule has 0 aliphatic heterocycles. The molecule has 2 unspecified atom stereocenters. The minimum atomic E-state index is 0.262. The van der Waals surface area contributed by atoms with Gasteiger partial charge in [0.15, 0.2) is 5.17 Å². The van der Waals surface area contributed by atoms with Crippen LogP contribution in [0, 0.1) is 23.2 Å². The van der Waals surface area contributed by atoms with Gasteiger partial charge in [-0.2, -0.15) is 0 Å². The molecule has 0 amide bonds. The topological polar surface area (TPSA) is 24.4 Å². The average Bonchev–Trinajstić information content (AvgIpc) is 2.42. The smallest absolute Gasteiger partial charge is 0.156 e. The highest BCUT2D eigenvalue weighted by molar-refractivity contribution is 8.13. The van der Waals surface area contributed by atoms with Crippen molar-refractivity contribution in [3.8, 4) is 0 Å². The van der Waals surface area contributed by atoms with Crippen molar-refractivity contribution >= 4 is 16.9 Å². The van der Waals surface area contributed by atoms with E-state index in [1.165, 1.54) is 25.7 Å². The molecule has 0 aromatic rings. The van der Waals surface area contributed by atoms with Crippen LogP contribution in [0.5, 0.6) is 0 Å². The Hall–Kier alpha value is -0.180. The highest BCUT2D eigenvalue weighted by Crippen LogP contribution is 2.37. The molecule has 1 aliphatic rings. The molecule has 2 nitrogen and oxygen atoms in total. The molecular weight excluding hydrogens is 276 g/mol. The van der Waals surface area contributed by atoms with Gasteiger partial charge in [0.25, 0.3) is 0 Å². The van der Waals surface area contributed by atoms with Gasteiger partial charge in [-0.1, -0.05) is 66.1 Å². The number of hydrogen-bond acceptors (Lipinski definition) is 2. The van der Waals surface area contributed by atoms with Crippen LogP contribution in [0.3, 0.4) is 0 Å². The molecule has 1 fully saturated rings. The predicted molar refractivity (Wildman–Crippen MR) is 98.2 cm³/mol. The molecule has 0 radical (unpaired) electrons. The standard InChI is InChI=1S/C18H36N2S/c1-8-14-10-13(3)11-15(9-2)16(14)20-17(21-7)19-12-18(4,5)6/h13-16H,8-12H2,1-7H3,(H,19,20). The molecule has 1 aliphatic carbocycles. The van der Waals surface area contributed by atoms with E-state index in [-0.39, 0.29) is 5.41 Å². The number of nitrogens with one attached hydrogen (secondary N) is 1. The minimum absolute atomic E-state index is 0.262. The van der Waals surface area contributed by atoms with Crippen LogP contribution in [-0.2, 0) is 0 Å². The summed E-state index contributed by atoms with van der Waals surface area (Å²) in [5.74, 6) is 2.47. The number of rotatable bonds is 4. The van der Waals surface area contributed by atoms with E-state index in [1.807, 2.05) is 0 Å². The summed E-state index contributed by atoms with van der Waals surface area (Å²) in [6.45, 7) is 14.8. The molecule has 1 N–H and O–H groups in total. The SMILES string of the molecule is CCC1CC(C)CC(CC)C1NC(=NCC(C)(C)C)SC. The maximum absolute atomic E-state index is 4.83. The molecule has 0 bridgehead atoms. The van der Waals surface area contributed by atoms with E-state index in [4.69, 9.17) is 4.99 Å². The molecule has 1 saturated carbocycles. The van der Waals surface area contributed by atoms with Gasteiger partial charge in [-0.25, -0.2) is 0 Å². The first-order valence-electron chi connectivity index (χ1n) is 8.65. The van der Waals surface area contributed by atoms with Crippen LogP contribution < -0.4 is 5.32 Å². The zero-order chi connectivity index (χ0) is 16.0. The lowest BCUT2D eigenvalue weighted by atomic mass is 9.70. The summed E-state index contributed by atoms with van der Waals surface area (Å²) in [7, 11) is 0. The maximum atomic E-state index is 4.83. The number of aliphatic imine (C=N–C) groups is 1. The zero-order valence-corrected chi connectivity index (χ0v) is 16.0. The zero-order valence-electron chi connectivity index (χ0n) is 15.2. The molecular formula is C18H36N2S. The summed E-state index contributed by atoms with van der Waals surface area (Å²) >= 11 is 1.77. The third-order valence-corrected chi connectivity index (χ3v) is 5.29. The van der Waals surface area contributed by atoms with E-state index in [0.29, 0.717) is 6.04 Å². The molecule has 2 atom stereocenters. The van der Waals surface area contributed by atoms with Gasteiger partial charge >= 0.3 is 0 Å². The van der Waals surface area contributed by atoms with Crippen LogP contribution in [0.4, 0.5) is 0 Å². The number of hydrogen-bond donors (Lipinski definition) is 1. The van der Waals surface area contributed by atoms with E-state index in [9.17, 15) is 0 Å². The van der Waals surface area contributed by atoms with E-state index >= 15 is 0 Å². The van der Waals surface area contributed by atoms with Crippen LogP contribution >= 0.6 is 11.8 Å². The van der Waals surface area contributed by atoms with Crippen molar-refractivity contribution in [2.24, 2.45) is 28.2 Å². The second kappa shape index (κ2) is 8.45. The molecule has 0 aromatic carbocycles. The fourth-order valence-corrected chi connectivity index (χ4v) is 3.95.